The summed E-state index contributed by atoms with van der Waals surface area (Å²) in [5.74, 6) is -1.50. The Kier molecular flexibility index (Phi) is 13.1. The lowest BCUT2D eigenvalue weighted by atomic mass is 10.00. The van der Waals surface area contributed by atoms with Gasteiger partial charge in [0.2, 0.25) is 0 Å². The van der Waals surface area contributed by atoms with E-state index >= 15 is 0 Å². The summed E-state index contributed by atoms with van der Waals surface area (Å²) in [6, 6.07) is 20.8. The van der Waals surface area contributed by atoms with Gasteiger partial charge >= 0.3 is 18.1 Å². The number of unbranched alkanes of at least 4 members (excludes halogenated alkanes) is 7. The van der Waals surface area contributed by atoms with Gasteiger partial charge in [0.1, 0.15) is 5.75 Å². The van der Waals surface area contributed by atoms with E-state index < -0.39 is 24.2 Å². The van der Waals surface area contributed by atoms with Gasteiger partial charge in [-0.1, -0.05) is 95.2 Å². The van der Waals surface area contributed by atoms with E-state index in [0.29, 0.717) is 18.4 Å². The number of ether oxygens (including phenoxy) is 2. The van der Waals surface area contributed by atoms with Crippen molar-refractivity contribution in [3.63, 3.8) is 0 Å². The number of carbonyl (C=O) groups is 2. The third-order valence-corrected chi connectivity index (χ3v) is 7.21. The first-order chi connectivity index (χ1) is 20.2. The number of alkyl halides is 3. The lowest BCUT2D eigenvalue weighted by Crippen LogP contribution is -2.33. The average molecular weight is 583 g/mol. The van der Waals surface area contributed by atoms with Gasteiger partial charge in [-0.25, -0.2) is 9.59 Å². The van der Waals surface area contributed by atoms with E-state index in [-0.39, 0.29) is 17.7 Å². The number of benzene rings is 3. The molecule has 0 bridgehead atoms. The van der Waals surface area contributed by atoms with Crippen LogP contribution in [0.2, 0.25) is 0 Å². The molecule has 0 saturated heterocycles. The van der Waals surface area contributed by atoms with Gasteiger partial charge in [0.05, 0.1) is 11.1 Å². The monoisotopic (exact) mass is 582 g/mol. The van der Waals surface area contributed by atoms with Gasteiger partial charge in [0, 0.05) is 0 Å². The Morgan fingerprint density at radius 3 is 1.71 bits per heavy atom. The molecule has 0 unspecified atom stereocenters. The van der Waals surface area contributed by atoms with Gasteiger partial charge in [-0.15, -0.1) is 0 Å². The Morgan fingerprint density at radius 2 is 1.14 bits per heavy atom. The van der Waals surface area contributed by atoms with Gasteiger partial charge in [-0.2, -0.15) is 13.2 Å². The fourth-order valence-corrected chi connectivity index (χ4v) is 4.65. The summed E-state index contributed by atoms with van der Waals surface area (Å²) < 4.78 is 49.6. The third kappa shape index (κ3) is 10.7. The fraction of sp³-hybridized carbons (Fsp3) is 0.429. The minimum atomic E-state index is -4.63. The molecule has 0 aliphatic rings. The SMILES string of the molecule is CCCCCCCCCc1ccc(-c2ccc(C(=O)Oc3ccc(C(=O)O[C@H](CCCC)C(F)(F)F)cc3)cc2)cc1. The van der Waals surface area contributed by atoms with Crippen LogP contribution in [-0.2, 0) is 11.2 Å². The summed E-state index contributed by atoms with van der Waals surface area (Å²) in [6.07, 6.45) is 3.88. The number of carbonyl (C=O) groups excluding carboxylic acids is 2. The Balaban J connectivity index is 1.50. The van der Waals surface area contributed by atoms with Crippen molar-refractivity contribution in [3.8, 4) is 16.9 Å². The highest BCUT2D eigenvalue weighted by atomic mass is 19.4. The lowest BCUT2D eigenvalue weighted by Gasteiger charge is -2.20. The molecule has 4 nitrogen and oxygen atoms in total. The summed E-state index contributed by atoms with van der Waals surface area (Å²) in [7, 11) is 0. The Labute approximate surface area is 247 Å². The molecule has 0 radical (unpaired) electrons. The summed E-state index contributed by atoms with van der Waals surface area (Å²) >= 11 is 0. The molecular weight excluding hydrogens is 541 g/mol. The van der Waals surface area contributed by atoms with Crippen LogP contribution in [0.5, 0.6) is 5.75 Å². The highest BCUT2D eigenvalue weighted by Gasteiger charge is 2.42. The summed E-state index contributed by atoms with van der Waals surface area (Å²) in [5.41, 5.74) is 3.65. The molecule has 1 atom stereocenters. The van der Waals surface area contributed by atoms with Crippen molar-refractivity contribution in [2.75, 3.05) is 0 Å². The molecule has 0 heterocycles. The maximum absolute atomic E-state index is 13.2. The minimum absolute atomic E-state index is 0.0571. The molecule has 0 spiro atoms. The van der Waals surface area contributed by atoms with Gasteiger partial charge < -0.3 is 9.47 Å². The van der Waals surface area contributed by atoms with Crippen molar-refractivity contribution >= 4 is 11.9 Å². The lowest BCUT2D eigenvalue weighted by molar-refractivity contribution is -0.206. The van der Waals surface area contributed by atoms with Crippen LogP contribution in [0.1, 0.15) is 104 Å². The van der Waals surface area contributed by atoms with E-state index in [1.165, 1.54) is 74.8 Å². The summed E-state index contributed by atoms with van der Waals surface area (Å²) in [5, 5.41) is 0. The predicted octanol–water partition coefficient (Wildman–Crippen LogP) is 10.1. The quantitative estimate of drug-likeness (QED) is 0.0958. The molecule has 0 aromatic heterocycles. The molecule has 0 saturated carbocycles. The van der Waals surface area contributed by atoms with Crippen LogP contribution in [0.25, 0.3) is 11.1 Å². The van der Waals surface area contributed by atoms with E-state index in [1.54, 1.807) is 19.1 Å². The van der Waals surface area contributed by atoms with Gasteiger partial charge in [-0.05, 0) is 78.8 Å². The fourth-order valence-electron chi connectivity index (χ4n) is 4.65. The molecule has 0 amide bonds. The molecule has 0 N–H and O–H groups in total. The van der Waals surface area contributed by atoms with E-state index in [9.17, 15) is 22.8 Å². The highest BCUT2D eigenvalue weighted by molar-refractivity contribution is 5.92. The highest BCUT2D eigenvalue weighted by Crippen LogP contribution is 2.28. The smallest absolute Gasteiger partial charge is 0.425 e. The first-order valence-electron chi connectivity index (χ1n) is 15.0. The summed E-state index contributed by atoms with van der Waals surface area (Å²) in [6.45, 7) is 4.00. The predicted molar refractivity (Wildman–Crippen MR) is 160 cm³/mol. The Morgan fingerprint density at radius 1 is 0.643 bits per heavy atom. The Hall–Kier alpha value is -3.61. The summed E-state index contributed by atoms with van der Waals surface area (Å²) in [4.78, 5) is 24.9. The van der Waals surface area contributed by atoms with Gasteiger partial charge in [0.15, 0.2) is 6.10 Å². The molecule has 226 valence electrons. The van der Waals surface area contributed by atoms with Crippen LogP contribution < -0.4 is 4.74 Å². The molecule has 3 aromatic rings. The van der Waals surface area contributed by atoms with E-state index in [2.05, 4.69) is 31.2 Å². The van der Waals surface area contributed by atoms with Gasteiger partial charge in [-0.3, -0.25) is 0 Å². The van der Waals surface area contributed by atoms with Crippen LogP contribution in [0.15, 0.2) is 72.8 Å². The first kappa shape index (κ1) is 32.9. The van der Waals surface area contributed by atoms with Crippen molar-refractivity contribution < 1.29 is 32.2 Å². The first-order valence-corrected chi connectivity index (χ1v) is 15.0. The van der Waals surface area contributed by atoms with E-state index in [4.69, 9.17) is 9.47 Å². The molecule has 3 aromatic carbocycles. The molecule has 0 aliphatic carbocycles. The molecule has 0 aliphatic heterocycles. The number of rotatable bonds is 16. The zero-order valence-electron chi connectivity index (χ0n) is 24.6. The normalized spacial score (nSPS) is 12.1. The number of esters is 2. The molecular formula is C35H41F3O4. The maximum atomic E-state index is 13.2. The zero-order chi connectivity index (χ0) is 30.4. The number of halogens is 3. The van der Waals surface area contributed by atoms with Crippen molar-refractivity contribution in [2.24, 2.45) is 0 Å². The van der Waals surface area contributed by atoms with Crippen molar-refractivity contribution in [2.45, 2.75) is 96.8 Å². The van der Waals surface area contributed by atoms with Crippen LogP contribution in [0.3, 0.4) is 0 Å². The molecule has 7 heteroatoms. The van der Waals surface area contributed by atoms with Crippen LogP contribution >= 0.6 is 0 Å². The number of aryl methyl sites for hydroxylation is 1. The Bertz CT molecular complexity index is 1230. The minimum Gasteiger partial charge on any atom is -0.449 e. The van der Waals surface area contributed by atoms with Crippen LogP contribution in [0.4, 0.5) is 13.2 Å². The second-order valence-electron chi connectivity index (χ2n) is 10.6. The standard InChI is InChI=1S/C35H41F3O4/c1-3-5-7-8-9-10-11-12-26-14-16-27(17-15-26)28-18-20-29(21-19-28)33(39)41-31-24-22-30(23-25-31)34(40)42-32(13-6-4-2)35(36,37)38/h14-25,32H,3-13H2,1-2H3/t32-/m1/s1. The van der Waals surface area contributed by atoms with E-state index in [1.807, 2.05) is 12.1 Å². The number of hydrogen-bond acceptors (Lipinski definition) is 4. The van der Waals surface area contributed by atoms with Gasteiger partial charge in [0.25, 0.3) is 0 Å². The average Bonchev–Trinajstić information content (AvgIpc) is 2.99. The zero-order valence-corrected chi connectivity index (χ0v) is 24.6. The topological polar surface area (TPSA) is 52.6 Å². The molecule has 3 rings (SSSR count). The number of hydrogen-bond donors (Lipinski definition) is 0. The second-order valence-corrected chi connectivity index (χ2v) is 10.6. The largest absolute Gasteiger partial charge is 0.449 e. The molecule has 42 heavy (non-hydrogen) atoms. The van der Waals surface area contributed by atoms with Crippen molar-refractivity contribution in [3.05, 3.63) is 89.5 Å². The third-order valence-electron chi connectivity index (χ3n) is 7.21. The second kappa shape index (κ2) is 16.7. The van der Waals surface area contributed by atoms with Crippen molar-refractivity contribution in [1.29, 1.82) is 0 Å². The van der Waals surface area contributed by atoms with E-state index in [0.717, 1.165) is 17.5 Å². The van der Waals surface area contributed by atoms with Crippen molar-refractivity contribution in [1.82, 2.24) is 0 Å². The van der Waals surface area contributed by atoms with Crippen LogP contribution in [-0.4, -0.2) is 24.2 Å². The maximum Gasteiger partial charge on any atom is 0.425 e. The van der Waals surface area contributed by atoms with Crippen LogP contribution in [0, 0.1) is 0 Å². The molecule has 0 fully saturated rings.